The molecule has 0 atom stereocenters. The Kier molecular flexibility index (Phi) is 4.83. The zero-order valence-electron chi connectivity index (χ0n) is 13.2. The molecule has 2 aromatic rings. The van der Waals surface area contributed by atoms with Crippen molar-refractivity contribution in [3.8, 4) is 0 Å². The van der Waals surface area contributed by atoms with Crippen molar-refractivity contribution in [3.63, 3.8) is 0 Å². The minimum atomic E-state index is -0.223. The maximum absolute atomic E-state index is 12.3. The molecule has 3 rings (SSSR count). The van der Waals surface area contributed by atoms with Crippen LogP contribution in [0.1, 0.15) is 15.9 Å². The summed E-state index contributed by atoms with van der Waals surface area (Å²) in [5, 5.41) is 3.43. The number of anilines is 2. The van der Waals surface area contributed by atoms with Gasteiger partial charge in [-0.15, -0.1) is 0 Å². The van der Waals surface area contributed by atoms with Gasteiger partial charge in [-0.1, -0.05) is 17.7 Å². The molecule has 0 unspecified atom stereocenters. The predicted molar refractivity (Wildman–Crippen MR) is 93.8 cm³/mol. The van der Waals surface area contributed by atoms with E-state index < -0.39 is 0 Å². The molecule has 5 nitrogen and oxygen atoms in total. The summed E-state index contributed by atoms with van der Waals surface area (Å²) in [5.41, 5.74) is 3.08. The van der Waals surface area contributed by atoms with Crippen LogP contribution >= 0.6 is 11.6 Å². The van der Waals surface area contributed by atoms with Gasteiger partial charge in [-0.3, -0.25) is 9.59 Å². The van der Waals surface area contributed by atoms with Crippen LogP contribution in [0.5, 0.6) is 0 Å². The van der Waals surface area contributed by atoms with Crippen molar-refractivity contribution in [3.05, 3.63) is 58.6 Å². The highest BCUT2D eigenvalue weighted by Gasteiger charge is 2.24. The first kappa shape index (κ1) is 16.5. The number of benzene rings is 2. The third-order valence-electron chi connectivity index (χ3n) is 3.91. The van der Waals surface area contributed by atoms with E-state index in [2.05, 4.69) is 5.32 Å². The first-order valence-electron chi connectivity index (χ1n) is 7.57. The van der Waals surface area contributed by atoms with Crippen molar-refractivity contribution < 1.29 is 14.3 Å². The maximum atomic E-state index is 12.3. The number of halogens is 1. The molecule has 0 saturated carbocycles. The summed E-state index contributed by atoms with van der Waals surface area (Å²) >= 11 is 5.83. The lowest BCUT2D eigenvalue weighted by atomic mass is 10.1. The van der Waals surface area contributed by atoms with Crippen LogP contribution in [0.15, 0.2) is 42.5 Å². The van der Waals surface area contributed by atoms with Crippen molar-refractivity contribution in [1.29, 1.82) is 0 Å². The molecule has 0 aromatic heterocycles. The molecule has 24 heavy (non-hydrogen) atoms. The summed E-state index contributed by atoms with van der Waals surface area (Å²) < 4.78 is 4.92. The highest BCUT2D eigenvalue weighted by Crippen LogP contribution is 2.31. The van der Waals surface area contributed by atoms with E-state index in [1.54, 1.807) is 29.2 Å². The molecule has 2 aromatic carbocycles. The van der Waals surface area contributed by atoms with E-state index in [4.69, 9.17) is 16.3 Å². The average Bonchev–Trinajstić information content (AvgIpc) is 2.99. The Morgan fingerprint density at radius 3 is 2.67 bits per heavy atom. The normalized spacial score (nSPS) is 12.8. The number of amides is 2. The summed E-state index contributed by atoms with van der Waals surface area (Å²) in [6, 6.07) is 12.3. The van der Waals surface area contributed by atoms with Gasteiger partial charge in [0.2, 0.25) is 0 Å². The topological polar surface area (TPSA) is 58.6 Å². The molecule has 124 valence electrons. The number of ether oxygens (including phenoxy) is 1. The Bertz CT molecular complexity index is 774. The quantitative estimate of drug-likeness (QED) is 0.927. The lowest BCUT2D eigenvalue weighted by Gasteiger charge is -2.17. The maximum Gasteiger partial charge on any atom is 0.255 e. The largest absolute Gasteiger partial charge is 0.375 e. The first-order valence-corrected chi connectivity index (χ1v) is 7.95. The zero-order chi connectivity index (χ0) is 17.1. The third-order valence-corrected chi connectivity index (χ3v) is 4.17. The number of nitrogens with one attached hydrogen (secondary N) is 1. The lowest BCUT2D eigenvalue weighted by molar-refractivity contribution is -0.122. The molecule has 1 aliphatic heterocycles. The number of carbonyl (C=O) groups is 2. The van der Waals surface area contributed by atoms with Gasteiger partial charge < -0.3 is 15.0 Å². The Labute approximate surface area is 145 Å². The standard InChI is InChI=1S/C18H17ClN2O3/c1-24-11-17(22)21-9-8-12-4-7-15(10-16(12)21)20-18(23)13-2-5-14(19)6-3-13/h2-7,10H,8-9,11H2,1H3,(H,20,23). The van der Waals surface area contributed by atoms with Crippen LogP contribution in [-0.2, 0) is 16.0 Å². The number of hydrogen-bond donors (Lipinski definition) is 1. The molecule has 1 aliphatic rings. The fourth-order valence-corrected chi connectivity index (χ4v) is 2.85. The van der Waals surface area contributed by atoms with E-state index in [0.717, 1.165) is 17.7 Å². The van der Waals surface area contributed by atoms with Gasteiger partial charge in [0.05, 0.1) is 0 Å². The van der Waals surface area contributed by atoms with Gasteiger partial charge in [0.15, 0.2) is 0 Å². The molecule has 0 radical (unpaired) electrons. The van der Waals surface area contributed by atoms with Crippen molar-refractivity contribution in [2.75, 3.05) is 30.5 Å². The summed E-state index contributed by atoms with van der Waals surface area (Å²) in [4.78, 5) is 26.1. The fourth-order valence-electron chi connectivity index (χ4n) is 2.72. The van der Waals surface area contributed by atoms with Crippen molar-refractivity contribution in [2.24, 2.45) is 0 Å². The Morgan fingerprint density at radius 2 is 1.96 bits per heavy atom. The monoisotopic (exact) mass is 344 g/mol. The Hall–Kier alpha value is -2.37. The molecule has 0 aliphatic carbocycles. The van der Waals surface area contributed by atoms with E-state index in [9.17, 15) is 9.59 Å². The molecule has 6 heteroatoms. The summed E-state index contributed by atoms with van der Waals surface area (Å²) in [6.45, 7) is 0.674. The average molecular weight is 345 g/mol. The van der Waals surface area contributed by atoms with Crippen LogP contribution in [0.3, 0.4) is 0 Å². The van der Waals surface area contributed by atoms with Crippen LogP contribution < -0.4 is 10.2 Å². The highest BCUT2D eigenvalue weighted by atomic mass is 35.5. The molecule has 0 fully saturated rings. The molecule has 1 N–H and O–H groups in total. The third kappa shape index (κ3) is 3.42. The van der Waals surface area contributed by atoms with Gasteiger partial charge >= 0.3 is 0 Å². The van der Waals surface area contributed by atoms with E-state index >= 15 is 0 Å². The van der Waals surface area contributed by atoms with E-state index in [-0.39, 0.29) is 18.4 Å². The Morgan fingerprint density at radius 1 is 1.21 bits per heavy atom. The van der Waals surface area contributed by atoms with Gasteiger partial charge in [-0.25, -0.2) is 0 Å². The molecule has 0 bridgehead atoms. The molecule has 0 saturated heterocycles. The summed E-state index contributed by atoms with van der Waals surface area (Å²) in [7, 11) is 1.50. The molecule has 1 heterocycles. The molecular weight excluding hydrogens is 328 g/mol. The van der Waals surface area contributed by atoms with Gasteiger partial charge in [0.25, 0.3) is 11.8 Å². The number of nitrogens with zero attached hydrogens (tertiary/aromatic N) is 1. The second-order valence-electron chi connectivity index (χ2n) is 5.53. The van der Waals surface area contributed by atoms with Crippen molar-refractivity contribution in [1.82, 2.24) is 0 Å². The second-order valence-corrected chi connectivity index (χ2v) is 5.97. The van der Waals surface area contributed by atoms with Crippen LogP contribution in [0.25, 0.3) is 0 Å². The number of rotatable bonds is 4. The van der Waals surface area contributed by atoms with Crippen LogP contribution in [0.4, 0.5) is 11.4 Å². The summed E-state index contributed by atoms with van der Waals surface area (Å²) in [6.07, 6.45) is 0.802. The predicted octanol–water partition coefficient (Wildman–Crippen LogP) is 3.13. The van der Waals surface area contributed by atoms with Crippen LogP contribution in [-0.4, -0.2) is 32.1 Å². The number of fused-ring (bicyclic) bond motifs is 1. The minimum Gasteiger partial charge on any atom is -0.375 e. The van der Waals surface area contributed by atoms with Crippen molar-refractivity contribution in [2.45, 2.75) is 6.42 Å². The number of methoxy groups -OCH3 is 1. The van der Waals surface area contributed by atoms with E-state index in [0.29, 0.717) is 22.8 Å². The van der Waals surface area contributed by atoms with Crippen LogP contribution in [0, 0.1) is 0 Å². The molecule has 2 amide bonds. The van der Waals surface area contributed by atoms with Crippen molar-refractivity contribution >= 4 is 34.8 Å². The molecular formula is C18H17ClN2O3. The van der Waals surface area contributed by atoms with Gasteiger partial charge in [0, 0.05) is 35.6 Å². The van der Waals surface area contributed by atoms with Gasteiger partial charge in [0.1, 0.15) is 6.61 Å². The minimum absolute atomic E-state index is 0.0425. The highest BCUT2D eigenvalue weighted by molar-refractivity contribution is 6.30. The fraction of sp³-hybridized carbons (Fsp3) is 0.222. The summed E-state index contributed by atoms with van der Waals surface area (Å²) in [5.74, 6) is -0.309. The second kappa shape index (κ2) is 7.03. The van der Waals surface area contributed by atoms with Gasteiger partial charge in [-0.05, 0) is 48.4 Å². The van der Waals surface area contributed by atoms with Crippen LogP contribution in [0.2, 0.25) is 5.02 Å². The SMILES string of the molecule is COCC(=O)N1CCc2ccc(NC(=O)c3ccc(Cl)cc3)cc21. The first-order chi connectivity index (χ1) is 11.6. The lowest BCUT2D eigenvalue weighted by Crippen LogP contribution is -2.32. The Balaban J connectivity index is 1.78. The molecule has 0 spiro atoms. The number of hydrogen-bond acceptors (Lipinski definition) is 3. The zero-order valence-corrected chi connectivity index (χ0v) is 14.0. The van der Waals surface area contributed by atoms with E-state index in [1.165, 1.54) is 7.11 Å². The van der Waals surface area contributed by atoms with E-state index in [1.807, 2.05) is 18.2 Å². The number of carbonyl (C=O) groups excluding carboxylic acids is 2. The van der Waals surface area contributed by atoms with Gasteiger partial charge in [-0.2, -0.15) is 0 Å². The smallest absolute Gasteiger partial charge is 0.255 e.